The van der Waals surface area contributed by atoms with Gasteiger partial charge in [-0.25, -0.2) is 0 Å². The first-order valence-electron chi connectivity index (χ1n) is 7.19. The fraction of sp³-hybridized carbons (Fsp3) is 0.786. The second-order valence-electron chi connectivity index (χ2n) is 4.05. The molecule has 0 aromatic carbocycles. The molecule has 0 radical (unpaired) electrons. The van der Waals surface area contributed by atoms with E-state index in [-0.39, 0.29) is 24.5 Å². The first kappa shape index (κ1) is 24.4. The predicted molar refractivity (Wildman–Crippen MR) is 83.6 cm³/mol. The molecule has 0 aliphatic heterocycles. The zero-order chi connectivity index (χ0) is 17.1. The molecule has 0 aromatic heterocycles. The van der Waals surface area contributed by atoms with Crippen molar-refractivity contribution in [1.82, 2.24) is 10.6 Å². The summed E-state index contributed by atoms with van der Waals surface area (Å²) in [5.41, 5.74) is 5.50. The van der Waals surface area contributed by atoms with Gasteiger partial charge in [-0.3, -0.25) is 14.4 Å². The number of hydrogen-bond donors (Lipinski definition) is 3. The Bertz CT molecular complexity index is 259. The molecule has 1 unspecified atom stereocenters. The molecular weight excluding hydrogens is 274 g/mol. The molecule has 0 saturated carbocycles. The van der Waals surface area contributed by atoms with E-state index in [1.54, 1.807) is 0 Å². The minimum atomic E-state index is -0.121. The molecule has 2 amide bonds. The Hall–Kier alpha value is -1.63. The van der Waals surface area contributed by atoms with E-state index in [0.29, 0.717) is 13.0 Å². The summed E-state index contributed by atoms with van der Waals surface area (Å²) in [4.78, 5) is 30.0. The summed E-state index contributed by atoms with van der Waals surface area (Å²) in [5, 5.41) is 5.16. The van der Waals surface area contributed by atoms with Crippen LogP contribution in [0.3, 0.4) is 0 Å². The summed E-state index contributed by atoms with van der Waals surface area (Å²) >= 11 is 0. The van der Waals surface area contributed by atoms with Crippen LogP contribution in [0.1, 0.15) is 47.5 Å². The molecule has 1 atom stereocenters. The normalized spacial score (nSPS) is 9.81. The molecule has 21 heavy (non-hydrogen) atoms. The van der Waals surface area contributed by atoms with Gasteiger partial charge < -0.3 is 21.1 Å². The Kier molecular flexibility index (Phi) is 24.0. The molecule has 4 N–H and O–H groups in total. The van der Waals surface area contributed by atoms with Crippen LogP contribution in [0.2, 0.25) is 0 Å². The van der Waals surface area contributed by atoms with Crippen molar-refractivity contribution in [3.63, 3.8) is 0 Å². The third-order valence-electron chi connectivity index (χ3n) is 1.87. The first-order valence-corrected chi connectivity index (χ1v) is 7.19. The van der Waals surface area contributed by atoms with Crippen molar-refractivity contribution < 1.29 is 19.1 Å². The Morgan fingerprint density at radius 2 is 1.62 bits per heavy atom. The highest BCUT2D eigenvalue weighted by Crippen LogP contribution is 1.90. The van der Waals surface area contributed by atoms with E-state index in [0.717, 1.165) is 19.4 Å². The van der Waals surface area contributed by atoms with Crippen LogP contribution in [0.15, 0.2) is 0 Å². The fourth-order valence-corrected chi connectivity index (χ4v) is 1.02. The number of carbonyl (C=O) groups excluding carboxylic acids is 3. The van der Waals surface area contributed by atoms with Crippen molar-refractivity contribution in [3.05, 3.63) is 0 Å². The Labute approximate surface area is 128 Å². The van der Waals surface area contributed by atoms with Crippen LogP contribution in [0, 0.1) is 0 Å². The van der Waals surface area contributed by atoms with Gasteiger partial charge in [0.2, 0.25) is 11.8 Å². The van der Waals surface area contributed by atoms with Crippen LogP contribution < -0.4 is 16.4 Å². The molecule has 0 aromatic rings. The van der Waals surface area contributed by atoms with Crippen LogP contribution in [-0.4, -0.2) is 44.0 Å². The lowest BCUT2D eigenvalue weighted by Crippen LogP contribution is -2.24. The molecule has 0 rings (SSSR count). The monoisotopic (exact) mass is 305 g/mol. The van der Waals surface area contributed by atoms with E-state index in [1.807, 2.05) is 20.8 Å². The molecule has 126 valence electrons. The fourth-order valence-electron chi connectivity index (χ4n) is 1.02. The van der Waals surface area contributed by atoms with E-state index < -0.39 is 0 Å². The average Bonchev–Trinajstić information content (AvgIpc) is 2.42. The number of hydrogen-bond acceptors (Lipinski definition) is 5. The van der Waals surface area contributed by atoms with Crippen LogP contribution in [-0.2, 0) is 19.1 Å². The van der Waals surface area contributed by atoms with Gasteiger partial charge in [-0.05, 0) is 19.8 Å². The SMILES string of the molecule is CC.CC(=O)NCCCC(C)N.CC(=O)NCCOC=O. The van der Waals surface area contributed by atoms with E-state index in [2.05, 4.69) is 15.4 Å². The lowest BCUT2D eigenvalue weighted by Gasteiger charge is -2.04. The lowest BCUT2D eigenvalue weighted by molar-refractivity contribution is -0.129. The zero-order valence-electron chi connectivity index (χ0n) is 13.9. The molecule has 7 nitrogen and oxygen atoms in total. The number of nitrogens with two attached hydrogens (primary N) is 1. The first-order chi connectivity index (χ1) is 9.90. The van der Waals surface area contributed by atoms with Crippen LogP contribution >= 0.6 is 0 Å². The number of nitrogens with one attached hydrogen (secondary N) is 2. The quantitative estimate of drug-likeness (QED) is 0.448. The Morgan fingerprint density at radius 3 is 2.00 bits per heavy atom. The summed E-state index contributed by atoms with van der Waals surface area (Å²) in [6, 6.07) is 0.244. The third-order valence-corrected chi connectivity index (χ3v) is 1.87. The van der Waals surface area contributed by atoms with Crippen molar-refractivity contribution >= 4 is 18.3 Å². The lowest BCUT2D eigenvalue weighted by atomic mass is 10.2. The molecule has 0 saturated heterocycles. The van der Waals surface area contributed by atoms with E-state index in [9.17, 15) is 14.4 Å². The largest absolute Gasteiger partial charge is 0.466 e. The van der Waals surface area contributed by atoms with Crippen LogP contribution in [0.5, 0.6) is 0 Å². The summed E-state index contributed by atoms with van der Waals surface area (Å²) in [6.07, 6.45) is 1.94. The minimum Gasteiger partial charge on any atom is -0.466 e. The average molecular weight is 305 g/mol. The maximum absolute atomic E-state index is 10.3. The molecule has 0 bridgehead atoms. The second kappa shape index (κ2) is 20.7. The van der Waals surface area contributed by atoms with Crippen molar-refractivity contribution in [2.45, 2.75) is 53.5 Å². The highest BCUT2D eigenvalue weighted by atomic mass is 16.5. The molecular formula is C14H31N3O4. The van der Waals surface area contributed by atoms with Gasteiger partial charge in [0.1, 0.15) is 6.61 Å². The van der Waals surface area contributed by atoms with E-state index in [1.165, 1.54) is 13.8 Å². The maximum Gasteiger partial charge on any atom is 0.293 e. The molecule has 0 spiro atoms. The van der Waals surface area contributed by atoms with E-state index in [4.69, 9.17) is 5.73 Å². The number of rotatable bonds is 8. The minimum absolute atomic E-state index is 0.0321. The van der Waals surface area contributed by atoms with Gasteiger partial charge in [-0.15, -0.1) is 0 Å². The van der Waals surface area contributed by atoms with Gasteiger partial charge >= 0.3 is 0 Å². The van der Waals surface area contributed by atoms with Gasteiger partial charge in [0, 0.05) is 26.4 Å². The number of carbonyl (C=O) groups is 3. The highest BCUT2D eigenvalue weighted by Gasteiger charge is 1.94. The molecule has 0 heterocycles. The van der Waals surface area contributed by atoms with Gasteiger partial charge in [0.05, 0.1) is 6.54 Å². The Balaban J connectivity index is -0.000000277. The van der Waals surface area contributed by atoms with Gasteiger partial charge in [0.15, 0.2) is 0 Å². The van der Waals surface area contributed by atoms with Gasteiger partial charge in [-0.2, -0.15) is 0 Å². The van der Waals surface area contributed by atoms with Crippen LogP contribution in [0.4, 0.5) is 0 Å². The van der Waals surface area contributed by atoms with Gasteiger partial charge in [0.25, 0.3) is 6.47 Å². The van der Waals surface area contributed by atoms with Crippen molar-refractivity contribution in [2.75, 3.05) is 19.7 Å². The van der Waals surface area contributed by atoms with Crippen LogP contribution in [0.25, 0.3) is 0 Å². The summed E-state index contributed by atoms with van der Waals surface area (Å²) < 4.78 is 4.29. The molecule has 0 fully saturated rings. The Morgan fingerprint density at radius 1 is 1.14 bits per heavy atom. The standard InChI is InChI=1S/C7H16N2O.C5H9NO3.C2H6/c1-6(8)4-3-5-9-7(2)10;1-5(8)6-2-3-9-4-7;1-2/h6H,3-5,8H2,1-2H3,(H,9,10);4H,2-3H2,1H3,(H,6,8);1-2H3. The molecule has 0 aliphatic carbocycles. The molecule has 0 aliphatic rings. The highest BCUT2D eigenvalue weighted by molar-refractivity contribution is 5.73. The van der Waals surface area contributed by atoms with Crippen molar-refractivity contribution in [1.29, 1.82) is 0 Å². The predicted octanol–water partition coefficient (Wildman–Crippen LogP) is 0.572. The zero-order valence-corrected chi connectivity index (χ0v) is 13.9. The molecule has 7 heteroatoms. The number of amides is 2. The summed E-state index contributed by atoms with van der Waals surface area (Å²) in [6.45, 7) is 10.6. The smallest absolute Gasteiger partial charge is 0.293 e. The van der Waals surface area contributed by atoms with Gasteiger partial charge in [-0.1, -0.05) is 13.8 Å². The maximum atomic E-state index is 10.3. The van der Waals surface area contributed by atoms with Crippen molar-refractivity contribution in [3.8, 4) is 0 Å². The third kappa shape index (κ3) is 38.1. The summed E-state index contributed by atoms with van der Waals surface area (Å²) in [5.74, 6) is -0.0887. The van der Waals surface area contributed by atoms with E-state index >= 15 is 0 Å². The topological polar surface area (TPSA) is 111 Å². The second-order valence-corrected chi connectivity index (χ2v) is 4.05. The number of ether oxygens (including phenoxy) is 1. The summed E-state index contributed by atoms with van der Waals surface area (Å²) in [7, 11) is 0. The van der Waals surface area contributed by atoms with Crippen molar-refractivity contribution in [2.24, 2.45) is 5.73 Å².